The van der Waals surface area contributed by atoms with Crippen LogP contribution in [0.25, 0.3) is 0 Å². The monoisotopic (exact) mass is 392 g/mol. The molecule has 2 rings (SSSR count). The molecule has 0 aliphatic rings. The van der Waals surface area contributed by atoms with Gasteiger partial charge in [-0.15, -0.1) is 0 Å². The lowest BCUT2D eigenvalue weighted by atomic mass is 10.1. The maximum atomic E-state index is 13.1. The van der Waals surface area contributed by atoms with Gasteiger partial charge in [-0.25, -0.2) is 12.8 Å². The number of carbonyl (C=O) groups is 1. The van der Waals surface area contributed by atoms with Crippen LogP contribution >= 0.6 is 0 Å². The number of hydrogen-bond acceptors (Lipinski definition) is 3. The van der Waals surface area contributed by atoms with Crippen LogP contribution < -0.4 is 10.0 Å². The Bertz CT molecular complexity index is 837. The van der Waals surface area contributed by atoms with Crippen molar-refractivity contribution in [2.45, 2.75) is 37.6 Å². The van der Waals surface area contributed by atoms with Crippen molar-refractivity contribution < 1.29 is 17.6 Å². The summed E-state index contributed by atoms with van der Waals surface area (Å²) in [7, 11) is -3.96. The van der Waals surface area contributed by atoms with Gasteiger partial charge in [-0.1, -0.05) is 44.2 Å². The number of nitrogens with one attached hydrogen (secondary N) is 2. The summed E-state index contributed by atoms with van der Waals surface area (Å²) in [6, 6.07) is 12.7. The van der Waals surface area contributed by atoms with Crippen molar-refractivity contribution in [3.05, 3.63) is 66.0 Å². The number of amides is 1. The van der Waals surface area contributed by atoms with Crippen LogP contribution in [-0.4, -0.2) is 26.9 Å². The van der Waals surface area contributed by atoms with E-state index in [-0.39, 0.29) is 17.2 Å². The van der Waals surface area contributed by atoms with Gasteiger partial charge in [-0.2, -0.15) is 4.72 Å². The third-order valence-electron chi connectivity index (χ3n) is 4.04. The lowest BCUT2D eigenvalue weighted by Crippen LogP contribution is -2.48. The molecule has 0 saturated heterocycles. The topological polar surface area (TPSA) is 75.3 Å². The number of carbonyl (C=O) groups excluding carboxylic acids is 1. The zero-order valence-electron chi connectivity index (χ0n) is 15.5. The molecule has 0 unspecified atom stereocenters. The van der Waals surface area contributed by atoms with E-state index in [4.69, 9.17) is 0 Å². The highest BCUT2D eigenvalue weighted by Gasteiger charge is 2.26. The van der Waals surface area contributed by atoms with Crippen LogP contribution in [0.1, 0.15) is 25.8 Å². The Balaban J connectivity index is 2.17. The molecule has 0 spiro atoms. The van der Waals surface area contributed by atoms with E-state index in [0.29, 0.717) is 12.5 Å². The number of halogens is 1. The largest absolute Gasteiger partial charge is 0.355 e. The van der Waals surface area contributed by atoms with Crippen LogP contribution in [0, 0.1) is 11.7 Å². The summed E-state index contributed by atoms with van der Waals surface area (Å²) < 4.78 is 40.8. The van der Waals surface area contributed by atoms with Gasteiger partial charge < -0.3 is 5.32 Å². The molecule has 1 atom stereocenters. The highest BCUT2D eigenvalue weighted by molar-refractivity contribution is 7.89. The summed E-state index contributed by atoms with van der Waals surface area (Å²) in [6.45, 7) is 4.57. The van der Waals surface area contributed by atoms with Crippen molar-refractivity contribution in [1.82, 2.24) is 10.0 Å². The van der Waals surface area contributed by atoms with Crippen LogP contribution in [0.2, 0.25) is 0 Å². The zero-order valence-corrected chi connectivity index (χ0v) is 16.3. The molecule has 0 radical (unpaired) electrons. The summed E-state index contributed by atoms with van der Waals surface area (Å²) in [4.78, 5) is 12.5. The minimum Gasteiger partial charge on any atom is -0.355 e. The second-order valence-electron chi connectivity index (χ2n) is 6.79. The van der Waals surface area contributed by atoms with Crippen LogP contribution in [-0.2, 0) is 21.2 Å². The summed E-state index contributed by atoms with van der Waals surface area (Å²) >= 11 is 0. The second kappa shape index (κ2) is 9.62. The van der Waals surface area contributed by atoms with Crippen molar-refractivity contribution in [3.63, 3.8) is 0 Å². The first-order valence-electron chi connectivity index (χ1n) is 8.87. The van der Waals surface area contributed by atoms with E-state index in [1.165, 1.54) is 12.1 Å². The van der Waals surface area contributed by atoms with Gasteiger partial charge >= 0.3 is 0 Å². The molecule has 2 aromatic carbocycles. The normalized spacial score (nSPS) is 12.7. The first kappa shape index (κ1) is 21.1. The molecule has 5 nitrogen and oxygen atoms in total. The highest BCUT2D eigenvalue weighted by atomic mass is 32.2. The Morgan fingerprint density at radius 3 is 2.26 bits per heavy atom. The van der Waals surface area contributed by atoms with Crippen molar-refractivity contribution in [2.24, 2.45) is 5.92 Å². The SMILES string of the molecule is CC(C)CCNC(=O)[C@@H](Cc1ccccc1)NS(=O)(=O)c1ccc(F)cc1. The van der Waals surface area contributed by atoms with Crippen LogP contribution in [0.3, 0.4) is 0 Å². The van der Waals surface area contributed by atoms with E-state index >= 15 is 0 Å². The van der Waals surface area contributed by atoms with Gasteiger partial charge in [0, 0.05) is 6.54 Å². The molecule has 0 saturated carbocycles. The standard InChI is InChI=1S/C20H25FN2O3S/c1-15(2)12-13-22-20(24)19(14-16-6-4-3-5-7-16)23-27(25,26)18-10-8-17(21)9-11-18/h3-11,15,19,23H,12-14H2,1-2H3,(H,22,24)/t19-/m1/s1. The first-order chi connectivity index (χ1) is 12.8. The Labute approximate surface area is 160 Å². The first-order valence-corrected chi connectivity index (χ1v) is 10.4. The molecule has 0 aliphatic heterocycles. The molecular formula is C20H25FN2O3S. The molecule has 146 valence electrons. The van der Waals surface area contributed by atoms with Crippen molar-refractivity contribution in [1.29, 1.82) is 0 Å². The van der Waals surface area contributed by atoms with Gasteiger partial charge in [0.05, 0.1) is 4.90 Å². The van der Waals surface area contributed by atoms with E-state index in [1.54, 1.807) is 0 Å². The van der Waals surface area contributed by atoms with Crippen LogP contribution in [0.15, 0.2) is 59.5 Å². The average molecular weight is 392 g/mol. The van der Waals surface area contributed by atoms with Crippen molar-refractivity contribution in [3.8, 4) is 0 Å². The van der Waals surface area contributed by atoms with Crippen molar-refractivity contribution >= 4 is 15.9 Å². The van der Waals surface area contributed by atoms with E-state index < -0.39 is 21.9 Å². The predicted octanol–water partition coefficient (Wildman–Crippen LogP) is 2.88. The molecular weight excluding hydrogens is 367 g/mol. The molecule has 0 fully saturated rings. The Hall–Kier alpha value is -2.25. The van der Waals surface area contributed by atoms with E-state index in [2.05, 4.69) is 10.0 Å². The van der Waals surface area contributed by atoms with Gasteiger partial charge in [0.1, 0.15) is 11.9 Å². The minimum absolute atomic E-state index is 0.0862. The molecule has 2 aromatic rings. The molecule has 0 heterocycles. The molecule has 0 bridgehead atoms. The fourth-order valence-corrected chi connectivity index (χ4v) is 3.71. The summed E-state index contributed by atoms with van der Waals surface area (Å²) in [6.07, 6.45) is 1.02. The second-order valence-corrected chi connectivity index (χ2v) is 8.51. The number of sulfonamides is 1. The van der Waals surface area contributed by atoms with Crippen LogP contribution in [0.5, 0.6) is 0 Å². The van der Waals surface area contributed by atoms with Gasteiger partial charge in [0.2, 0.25) is 15.9 Å². The van der Waals surface area contributed by atoms with Crippen molar-refractivity contribution in [2.75, 3.05) is 6.54 Å². The third-order valence-corrected chi connectivity index (χ3v) is 5.53. The van der Waals surface area contributed by atoms with Gasteiger partial charge in [0.15, 0.2) is 0 Å². The smallest absolute Gasteiger partial charge is 0.241 e. The lowest BCUT2D eigenvalue weighted by molar-refractivity contribution is -0.122. The number of rotatable bonds is 9. The average Bonchev–Trinajstić information content (AvgIpc) is 2.62. The van der Waals surface area contributed by atoms with Gasteiger partial charge in [-0.3, -0.25) is 4.79 Å². The maximum absolute atomic E-state index is 13.1. The van der Waals surface area contributed by atoms with E-state index in [1.807, 2.05) is 44.2 Å². The molecule has 0 aromatic heterocycles. The Morgan fingerprint density at radius 2 is 1.67 bits per heavy atom. The minimum atomic E-state index is -3.96. The van der Waals surface area contributed by atoms with E-state index in [0.717, 1.165) is 24.1 Å². The Morgan fingerprint density at radius 1 is 1.04 bits per heavy atom. The van der Waals surface area contributed by atoms with E-state index in [9.17, 15) is 17.6 Å². The fraction of sp³-hybridized carbons (Fsp3) is 0.350. The third kappa shape index (κ3) is 6.77. The lowest BCUT2D eigenvalue weighted by Gasteiger charge is -2.19. The fourth-order valence-electron chi connectivity index (χ4n) is 2.51. The summed E-state index contributed by atoms with van der Waals surface area (Å²) in [5.74, 6) is -0.486. The van der Waals surface area contributed by atoms with Crippen LogP contribution in [0.4, 0.5) is 4.39 Å². The maximum Gasteiger partial charge on any atom is 0.241 e. The zero-order chi connectivity index (χ0) is 19.9. The highest BCUT2D eigenvalue weighted by Crippen LogP contribution is 2.12. The molecule has 7 heteroatoms. The van der Waals surface area contributed by atoms with Gasteiger partial charge in [0.25, 0.3) is 0 Å². The molecule has 2 N–H and O–H groups in total. The molecule has 1 amide bonds. The molecule has 27 heavy (non-hydrogen) atoms. The number of hydrogen-bond donors (Lipinski definition) is 2. The quantitative estimate of drug-likeness (QED) is 0.689. The molecule has 0 aliphatic carbocycles. The summed E-state index contributed by atoms with van der Waals surface area (Å²) in [5.41, 5.74) is 0.836. The number of benzene rings is 2. The summed E-state index contributed by atoms with van der Waals surface area (Å²) in [5, 5.41) is 2.79. The van der Waals surface area contributed by atoms with Gasteiger partial charge in [-0.05, 0) is 48.6 Å². The Kier molecular flexibility index (Phi) is 7.50. The predicted molar refractivity (Wildman–Crippen MR) is 103 cm³/mol.